The summed E-state index contributed by atoms with van der Waals surface area (Å²) < 4.78 is 1.77. The molecule has 15 heavy (non-hydrogen) atoms. The summed E-state index contributed by atoms with van der Waals surface area (Å²) in [6, 6.07) is 0. The summed E-state index contributed by atoms with van der Waals surface area (Å²) in [5.74, 6) is 1.13. The minimum absolute atomic E-state index is 0.550. The molecule has 1 unspecified atom stereocenters. The fourth-order valence-corrected chi connectivity index (χ4v) is 1.42. The van der Waals surface area contributed by atoms with E-state index in [1.807, 2.05) is 0 Å². The van der Waals surface area contributed by atoms with Crippen LogP contribution >= 0.6 is 0 Å². The maximum atomic E-state index is 5.77. The standard InChI is InChI=1S/C10H21N5/c1-8(4-5-14(2)3)7-15-10(12)9(11)6-13-15/h6,8H,4-5,7,11-12H2,1-3H3. The molecular formula is C10H21N5. The first kappa shape index (κ1) is 11.8. The SMILES string of the molecule is CC(CCN(C)C)Cn1ncc(N)c1N. The molecule has 1 rings (SSSR count). The van der Waals surface area contributed by atoms with Crippen molar-refractivity contribution in [2.45, 2.75) is 19.9 Å². The third-order valence-corrected chi connectivity index (χ3v) is 2.46. The van der Waals surface area contributed by atoms with Crippen molar-refractivity contribution in [2.75, 3.05) is 32.1 Å². The minimum atomic E-state index is 0.550. The molecule has 1 heterocycles. The zero-order chi connectivity index (χ0) is 11.4. The van der Waals surface area contributed by atoms with Gasteiger partial charge >= 0.3 is 0 Å². The van der Waals surface area contributed by atoms with Crippen molar-refractivity contribution >= 4 is 11.5 Å². The largest absolute Gasteiger partial charge is 0.394 e. The van der Waals surface area contributed by atoms with Gasteiger partial charge in [0.15, 0.2) is 0 Å². The molecule has 1 aromatic rings. The Morgan fingerprint density at radius 1 is 1.47 bits per heavy atom. The lowest BCUT2D eigenvalue weighted by molar-refractivity contribution is 0.335. The van der Waals surface area contributed by atoms with Crippen LogP contribution in [0.2, 0.25) is 0 Å². The smallest absolute Gasteiger partial charge is 0.145 e. The van der Waals surface area contributed by atoms with Crippen molar-refractivity contribution in [2.24, 2.45) is 5.92 Å². The first-order valence-electron chi connectivity index (χ1n) is 5.22. The van der Waals surface area contributed by atoms with Gasteiger partial charge in [0, 0.05) is 6.54 Å². The van der Waals surface area contributed by atoms with Crippen LogP contribution in [-0.4, -0.2) is 35.3 Å². The van der Waals surface area contributed by atoms with Gasteiger partial charge in [-0.3, -0.25) is 0 Å². The van der Waals surface area contributed by atoms with Gasteiger partial charge in [0.2, 0.25) is 0 Å². The van der Waals surface area contributed by atoms with Gasteiger partial charge in [0.25, 0.3) is 0 Å². The molecule has 0 aliphatic heterocycles. The molecule has 0 aliphatic rings. The van der Waals surface area contributed by atoms with Crippen LogP contribution in [0.5, 0.6) is 0 Å². The lowest BCUT2D eigenvalue weighted by Crippen LogP contribution is -2.19. The summed E-state index contributed by atoms with van der Waals surface area (Å²) in [5, 5.41) is 4.14. The quantitative estimate of drug-likeness (QED) is 0.749. The van der Waals surface area contributed by atoms with Crippen LogP contribution in [0.3, 0.4) is 0 Å². The summed E-state index contributed by atoms with van der Waals surface area (Å²) in [5.41, 5.74) is 12.0. The zero-order valence-corrected chi connectivity index (χ0v) is 9.77. The van der Waals surface area contributed by atoms with Crippen molar-refractivity contribution < 1.29 is 0 Å². The predicted molar refractivity (Wildman–Crippen MR) is 63.4 cm³/mol. The Bertz CT molecular complexity index is 305. The normalized spacial score (nSPS) is 13.3. The first-order valence-corrected chi connectivity index (χ1v) is 5.22. The Kier molecular flexibility index (Phi) is 3.96. The molecule has 0 aromatic carbocycles. The summed E-state index contributed by atoms with van der Waals surface area (Å²) >= 11 is 0. The molecule has 0 saturated carbocycles. The van der Waals surface area contributed by atoms with Crippen LogP contribution in [0.25, 0.3) is 0 Å². The Balaban J connectivity index is 2.44. The monoisotopic (exact) mass is 211 g/mol. The molecule has 0 radical (unpaired) electrons. The lowest BCUT2D eigenvalue weighted by Gasteiger charge is -2.15. The second kappa shape index (κ2) is 5.02. The number of nitrogen functional groups attached to an aromatic ring is 2. The predicted octanol–water partition coefficient (Wildman–Crippen LogP) is 0.635. The second-order valence-corrected chi connectivity index (χ2v) is 4.36. The molecule has 0 amide bonds. The third kappa shape index (κ3) is 3.43. The molecule has 0 aliphatic carbocycles. The van der Waals surface area contributed by atoms with Crippen LogP contribution in [0.1, 0.15) is 13.3 Å². The van der Waals surface area contributed by atoms with Gasteiger partial charge in [-0.1, -0.05) is 6.92 Å². The number of anilines is 2. The molecule has 0 spiro atoms. The number of nitrogens with zero attached hydrogens (tertiary/aromatic N) is 3. The van der Waals surface area contributed by atoms with E-state index in [-0.39, 0.29) is 0 Å². The third-order valence-electron chi connectivity index (χ3n) is 2.46. The summed E-state index contributed by atoms with van der Waals surface area (Å²) in [6.07, 6.45) is 2.74. The molecule has 5 nitrogen and oxygen atoms in total. The Labute approximate surface area is 91.0 Å². The van der Waals surface area contributed by atoms with Gasteiger partial charge in [-0.05, 0) is 33.0 Å². The second-order valence-electron chi connectivity index (χ2n) is 4.36. The molecule has 4 N–H and O–H groups in total. The van der Waals surface area contributed by atoms with E-state index < -0.39 is 0 Å². The van der Waals surface area contributed by atoms with Crippen LogP contribution < -0.4 is 11.5 Å². The van der Waals surface area contributed by atoms with E-state index in [0.717, 1.165) is 19.5 Å². The van der Waals surface area contributed by atoms with Crippen molar-refractivity contribution in [1.29, 1.82) is 0 Å². The van der Waals surface area contributed by atoms with Crippen molar-refractivity contribution in [3.63, 3.8) is 0 Å². The van der Waals surface area contributed by atoms with Gasteiger partial charge in [-0.2, -0.15) is 5.10 Å². The summed E-state index contributed by atoms with van der Waals surface area (Å²) in [7, 11) is 4.15. The van der Waals surface area contributed by atoms with E-state index >= 15 is 0 Å². The van der Waals surface area contributed by atoms with E-state index in [0.29, 0.717) is 17.4 Å². The molecule has 1 atom stereocenters. The van der Waals surface area contributed by atoms with Gasteiger partial charge in [0.05, 0.1) is 11.9 Å². The van der Waals surface area contributed by atoms with E-state index in [4.69, 9.17) is 11.5 Å². The zero-order valence-electron chi connectivity index (χ0n) is 9.77. The maximum Gasteiger partial charge on any atom is 0.145 e. The number of nitrogens with two attached hydrogens (primary N) is 2. The number of hydrogen-bond donors (Lipinski definition) is 2. The Hall–Kier alpha value is -1.23. The number of aromatic nitrogens is 2. The van der Waals surface area contributed by atoms with Crippen LogP contribution in [0, 0.1) is 5.92 Å². The van der Waals surface area contributed by atoms with Crippen LogP contribution in [0.15, 0.2) is 6.20 Å². The van der Waals surface area contributed by atoms with E-state index in [2.05, 4.69) is 31.0 Å². The average molecular weight is 211 g/mol. The lowest BCUT2D eigenvalue weighted by atomic mass is 10.1. The molecule has 0 saturated heterocycles. The van der Waals surface area contributed by atoms with Crippen LogP contribution in [-0.2, 0) is 6.54 Å². The Morgan fingerprint density at radius 3 is 2.60 bits per heavy atom. The molecule has 1 aromatic heterocycles. The minimum Gasteiger partial charge on any atom is -0.394 e. The fourth-order valence-electron chi connectivity index (χ4n) is 1.42. The van der Waals surface area contributed by atoms with Gasteiger partial charge in [-0.25, -0.2) is 4.68 Å². The highest BCUT2D eigenvalue weighted by atomic mass is 15.3. The van der Waals surface area contributed by atoms with E-state index in [1.165, 1.54) is 0 Å². The highest BCUT2D eigenvalue weighted by molar-refractivity contribution is 5.56. The number of hydrogen-bond acceptors (Lipinski definition) is 4. The molecule has 0 bridgehead atoms. The van der Waals surface area contributed by atoms with E-state index in [9.17, 15) is 0 Å². The molecule has 86 valence electrons. The number of rotatable bonds is 5. The van der Waals surface area contributed by atoms with Gasteiger partial charge in [0.1, 0.15) is 5.82 Å². The van der Waals surface area contributed by atoms with Crippen molar-refractivity contribution in [3.8, 4) is 0 Å². The van der Waals surface area contributed by atoms with Crippen molar-refractivity contribution in [1.82, 2.24) is 14.7 Å². The van der Waals surface area contributed by atoms with E-state index in [1.54, 1.807) is 10.9 Å². The molecular weight excluding hydrogens is 190 g/mol. The topological polar surface area (TPSA) is 73.1 Å². The molecule has 5 heteroatoms. The molecule has 0 fully saturated rings. The highest BCUT2D eigenvalue weighted by Gasteiger charge is 2.08. The van der Waals surface area contributed by atoms with Crippen molar-refractivity contribution in [3.05, 3.63) is 6.20 Å². The Morgan fingerprint density at radius 2 is 2.13 bits per heavy atom. The summed E-state index contributed by atoms with van der Waals surface area (Å²) in [4.78, 5) is 2.18. The summed E-state index contributed by atoms with van der Waals surface area (Å²) in [6.45, 7) is 4.11. The maximum absolute atomic E-state index is 5.77. The first-order chi connectivity index (χ1) is 7.00. The van der Waals surface area contributed by atoms with Gasteiger partial charge < -0.3 is 16.4 Å². The average Bonchev–Trinajstić information content (AvgIpc) is 2.47. The fraction of sp³-hybridized carbons (Fsp3) is 0.700. The highest BCUT2D eigenvalue weighted by Crippen LogP contribution is 2.15. The van der Waals surface area contributed by atoms with Crippen LogP contribution in [0.4, 0.5) is 11.5 Å². The van der Waals surface area contributed by atoms with Gasteiger partial charge in [-0.15, -0.1) is 0 Å².